The average molecular weight is 444 g/mol. The fourth-order valence-electron chi connectivity index (χ4n) is 4.05. The third-order valence-electron chi connectivity index (χ3n) is 5.70. The Hall–Kier alpha value is -2.50. The van der Waals surface area contributed by atoms with Gasteiger partial charge in [0.25, 0.3) is 5.56 Å². The van der Waals surface area contributed by atoms with Crippen LogP contribution < -0.4 is 10.5 Å². The Balaban J connectivity index is 1.67. The summed E-state index contributed by atoms with van der Waals surface area (Å²) in [6, 6.07) is 15.9. The smallest absolute Gasteiger partial charge is 0.332 e. The lowest BCUT2D eigenvalue weighted by molar-refractivity contribution is 0.146. The summed E-state index contributed by atoms with van der Waals surface area (Å²) in [5.41, 5.74) is 1.29. The van der Waals surface area contributed by atoms with Crippen molar-refractivity contribution in [2.24, 2.45) is 5.92 Å². The maximum absolute atomic E-state index is 13.5. The van der Waals surface area contributed by atoms with Crippen molar-refractivity contribution >= 4 is 45.8 Å². The lowest BCUT2D eigenvalue weighted by atomic mass is 9.99. The fraction of sp³-hybridized carbons (Fsp3) is 0.304. The van der Waals surface area contributed by atoms with Crippen molar-refractivity contribution in [3.63, 3.8) is 0 Å². The molecule has 156 valence electrons. The number of amides is 1. The number of nitrogens with zero attached hydrogens (tertiary/aromatic N) is 3. The largest absolute Gasteiger partial charge is 0.368 e. The highest BCUT2D eigenvalue weighted by molar-refractivity contribution is 6.42. The molecule has 1 amide bonds. The van der Waals surface area contributed by atoms with E-state index >= 15 is 0 Å². The molecule has 0 spiro atoms. The van der Waals surface area contributed by atoms with Crippen LogP contribution in [0.4, 0.5) is 10.5 Å². The number of hydrogen-bond acceptors (Lipinski definition) is 3. The Morgan fingerprint density at radius 1 is 1.00 bits per heavy atom. The predicted octanol–water partition coefficient (Wildman–Crippen LogP) is 5.12. The standard InChI is InChI=1S/C23H23Cl2N3O2/c1-15(2)21-14-26(17-8-9-18(24)19(25)13-17)11-12-27(21)23(30)28-20-6-4-3-5-16(20)7-10-22(28)29/h3-10,13,15,21H,11-12,14H2,1-2H3. The van der Waals surface area contributed by atoms with Crippen molar-refractivity contribution in [3.8, 4) is 0 Å². The van der Waals surface area contributed by atoms with E-state index < -0.39 is 0 Å². The van der Waals surface area contributed by atoms with Crippen LogP contribution in [0, 0.1) is 5.92 Å². The van der Waals surface area contributed by atoms with Gasteiger partial charge in [-0.3, -0.25) is 4.79 Å². The maximum atomic E-state index is 13.5. The van der Waals surface area contributed by atoms with Gasteiger partial charge < -0.3 is 9.80 Å². The maximum Gasteiger partial charge on any atom is 0.332 e. The van der Waals surface area contributed by atoms with E-state index in [0.29, 0.717) is 35.2 Å². The molecule has 1 saturated heterocycles. The summed E-state index contributed by atoms with van der Waals surface area (Å²) in [5.74, 6) is 0.213. The van der Waals surface area contributed by atoms with Gasteiger partial charge in [-0.05, 0) is 41.6 Å². The summed E-state index contributed by atoms with van der Waals surface area (Å²) < 4.78 is 1.29. The first-order valence-electron chi connectivity index (χ1n) is 9.98. The normalized spacial score (nSPS) is 17.0. The molecule has 4 rings (SSSR count). The summed E-state index contributed by atoms with van der Waals surface area (Å²) in [5, 5.41) is 1.89. The zero-order valence-electron chi connectivity index (χ0n) is 16.9. The minimum absolute atomic E-state index is 0.0495. The zero-order valence-corrected chi connectivity index (χ0v) is 18.4. The van der Waals surface area contributed by atoms with E-state index in [1.807, 2.05) is 41.3 Å². The van der Waals surface area contributed by atoms with Crippen molar-refractivity contribution in [2.45, 2.75) is 19.9 Å². The fourth-order valence-corrected chi connectivity index (χ4v) is 4.34. The molecule has 0 bridgehead atoms. The number of rotatable bonds is 2. The average Bonchev–Trinajstić information content (AvgIpc) is 2.74. The highest BCUT2D eigenvalue weighted by Gasteiger charge is 2.34. The number of piperazine rings is 1. The summed E-state index contributed by atoms with van der Waals surface area (Å²) in [4.78, 5) is 30.2. The van der Waals surface area contributed by atoms with Crippen LogP contribution in [0.1, 0.15) is 13.8 Å². The van der Waals surface area contributed by atoms with Crippen LogP contribution in [-0.2, 0) is 0 Å². The van der Waals surface area contributed by atoms with Crippen molar-refractivity contribution < 1.29 is 4.79 Å². The van der Waals surface area contributed by atoms with Crippen LogP contribution in [0.5, 0.6) is 0 Å². The second-order valence-corrected chi connectivity index (χ2v) is 8.71. The van der Waals surface area contributed by atoms with Crippen molar-refractivity contribution in [2.75, 3.05) is 24.5 Å². The molecule has 1 aliphatic rings. The molecular formula is C23H23Cl2N3O2. The van der Waals surface area contributed by atoms with Crippen LogP contribution in [-0.4, -0.2) is 41.2 Å². The van der Waals surface area contributed by atoms with Gasteiger partial charge in [0.15, 0.2) is 0 Å². The Labute approximate surface area is 185 Å². The summed E-state index contributed by atoms with van der Waals surface area (Å²) in [7, 11) is 0. The van der Waals surface area contributed by atoms with Crippen LogP contribution in [0.15, 0.2) is 59.4 Å². The third kappa shape index (κ3) is 3.80. The molecule has 1 atom stereocenters. The van der Waals surface area contributed by atoms with E-state index in [1.54, 1.807) is 12.1 Å². The highest BCUT2D eigenvalue weighted by Crippen LogP contribution is 2.30. The van der Waals surface area contributed by atoms with E-state index in [0.717, 1.165) is 11.1 Å². The molecule has 30 heavy (non-hydrogen) atoms. The number of hydrogen-bond donors (Lipinski definition) is 0. The monoisotopic (exact) mass is 443 g/mol. The topological polar surface area (TPSA) is 45.5 Å². The quantitative estimate of drug-likeness (QED) is 0.551. The second kappa shape index (κ2) is 8.32. The van der Waals surface area contributed by atoms with Crippen LogP contribution >= 0.6 is 23.2 Å². The van der Waals surface area contributed by atoms with E-state index in [1.165, 1.54) is 10.6 Å². The minimum Gasteiger partial charge on any atom is -0.368 e. The summed E-state index contributed by atoms with van der Waals surface area (Å²) in [6.07, 6.45) is 0. The molecule has 2 heterocycles. The molecule has 0 aliphatic carbocycles. The molecule has 0 saturated carbocycles. The first kappa shape index (κ1) is 20.8. The van der Waals surface area contributed by atoms with Gasteiger partial charge in [-0.25, -0.2) is 9.36 Å². The Morgan fingerprint density at radius 2 is 1.77 bits per heavy atom. The number of benzene rings is 2. The van der Waals surface area contributed by atoms with Gasteiger partial charge in [0.1, 0.15) is 0 Å². The molecule has 0 radical (unpaired) electrons. The van der Waals surface area contributed by atoms with Gasteiger partial charge in [0.05, 0.1) is 21.6 Å². The second-order valence-electron chi connectivity index (χ2n) is 7.90. The van der Waals surface area contributed by atoms with E-state index in [2.05, 4.69) is 18.7 Å². The molecule has 0 N–H and O–H groups in total. The Bertz CT molecular complexity index is 1160. The number of anilines is 1. The Morgan fingerprint density at radius 3 is 2.50 bits per heavy atom. The number of fused-ring (bicyclic) bond motifs is 1. The zero-order chi connectivity index (χ0) is 21.4. The van der Waals surface area contributed by atoms with Gasteiger partial charge in [-0.15, -0.1) is 0 Å². The number of aromatic nitrogens is 1. The van der Waals surface area contributed by atoms with Crippen molar-refractivity contribution in [1.82, 2.24) is 9.47 Å². The van der Waals surface area contributed by atoms with Crippen LogP contribution in [0.25, 0.3) is 10.9 Å². The minimum atomic E-state index is -0.312. The molecule has 1 aromatic heterocycles. The number of pyridine rings is 1. The highest BCUT2D eigenvalue weighted by atomic mass is 35.5. The van der Waals surface area contributed by atoms with Gasteiger partial charge in [-0.2, -0.15) is 0 Å². The van der Waals surface area contributed by atoms with Crippen molar-refractivity contribution in [3.05, 3.63) is 75.0 Å². The van der Waals surface area contributed by atoms with Crippen LogP contribution in [0.3, 0.4) is 0 Å². The molecular weight excluding hydrogens is 421 g/mol. The molecule has 3 aromatic rings. The Kier molecular flexibility index (Phi) is 5.76. The number of para-hydroxylation sites is 1. The molecule has 7 heteroatoms. The van der Waals surface area contributed by atoms with E-state index in [9.17, 15) is 9.59 Å². The number of carbonyl (C=O) groups excluding carboxylic acids is 1. The predicted molar refractivity (Wildman–Crippen MR) is 123 cm³/mol. The van der Waals surface area contributed by atoms with E-state index in [4.69, 9.17) is 23.2 Å². The summed E-state index contributed by atoms with van der Waals surface area (Å²) >= 11 is 12.3. The van der Waals surface area contributed by atoms with Gasteiger partial charge in [-0.1, -0.05) is 55.2 Å². The first-order valence-corrected chi connectivity index (χ1v) is 10.7. The number of halogens is 2. The first-order chi connectivity index (χ1) is 14.4. The summed E-state index contributed by atoms with van der Waals surface area (Å²) in [6.45, 7) is 6.00. The van der Waals surface area contributed by atoms with Gasteiger partial charge in [0.2, 0.25) is 0 Å². The lowest BCUT2D eigenvalue weighted by Crippen LogP contribution is -2.59. The van der Waals surface area contributed by atoms with Gasteiger partial charge in [0, 0.05) is 31.4 Å². The lowest BCUT2D eigenvalue weighted by Gasteiger charge is -2.44. The molecule has 1 aliphatic heterocycles. The van der Waals surface area contributed by atoms with E-state index in [-0.39, 0.29) is 23.6 Å². The molecule has 5 nitrogen and oxygen atoms in total. The number of carbonyl (C=O) groups is 1. The van der Waals surface area contributed by atoms with Crippen LogP contribution in [0.2, 0.25) is 10.0 Å². The molecule has 2 aromatic carbocycles. The SMILES string of the molecule is CC(C)C1CN(c2ccc(Cl)c(Cl)c2)CCN1C(=O)n1c(=O)ccc2ccccc21. The molecule has 1 fully saturated rings. The third-order valence-corrected chi connectivity index (χ3v) is 6.44. The van der Waals surface area contributed by atoms with Gasteiger partial charge >= 0.3 is 6.03 Å². The molecule has 1 unspecified atom stereocenters. The van der Waals surface area contributed by atoms with Crippen molar-refractivity contribution in [1.29, 1.82) is 0 Å².